The summed E-state index contributed by atoms with van der Waals surface area (Å²) in [6.07, 6.45) is 2.59. The van der Waals surface area contributed by atoms with Gasteiger partial charge >= 0.3 is 0 Å². The van der Waals surface area contributed by atoms with Crippen LogP contribution in [0.2, 0.25) is 0 Å². The molecular formula is C20H34IN3O3. The minimum Gasteiger partial charge on any atom is -0.496 e. The molecule has 0 aliphatic carbocycles. The lowest BCUT2D eigenvalue weighted by Crippen LogP contribution is -2.39. The third kappa shape index (κ3) is 7.46. The highest BCUT2D eigenvalue weighted by atomic mass is 127. The molecule has 1 aliphatic heterocycles. The number of benzene rings is 1. The van der Waals surface area contributed by atoms with Gasteiger partial charge in [0.1, 0.15) is 5.75 Å². The van der Waals surface area contributed by atoms with Gasteiger partial charge in [0.2, 0.25) is 0 Å². The number of aliphatic imine (C=N–C) groups is 1. The van der Waals surface area contributed by atoms with E-state index in [1.807, 2.05) is 6.92 Å². The van der Waals surface area contributed by atoms with E-state index < -0.39 is 0 Å². The summed E-state index contributed by atoms with van der Waals surface area (Å²) in [6.45, 7) is 8.00. The Morgan fingerprint density at radius 3 is 2.81 bits per heavy atom. The molecule has 0 radical (unpaired) electrons. The highest BCUT2D eigenvalue weighted by molar-refractivity contribution is 14.0. The maximum Gasteiger partial charge on any atom is 0.191 e. The summed E-state index contributed by atoms with van der Waals surface area (Å²) in [5.74, 6) is 1.74. The van der Waals surface area contributed by atoms with E-state index in [1.54, 1.807) is 7.11 Å². The highest BCUT2D eigenvalue weighted by Gasteiger charge is 2.34. The maximum absolute atomic E-state index is 9.34. The average molecular weight is 491 g/mol. The predicted octanol–water partition coefficient (Wildman–Crippen LogP) is 2.51. The molecule has 1 unspecified atom stereocenters. The van der Waals surface area contributed by atoms with Gasteiger partial charge in [0.25, 0.3) is 0 Å². The highest BCUT2D eigenvalue weighted by Crippen LogP contribution is 2.32. The van der Waals surface area contributed by atoms with Crippen LogP contribution in [0.4, 0.5) is 0 Å². The summed E-state index contributed by atoms with van der Waals surface area (Å²) >= 11 is 0. The second-order valence-corrected chi connectivity index (χ2v) is 6.95. The molecule has 1 atom stereocenters. The minimum absolute atomic E-state index is 0. The molecular weight excluding hydrogens is 457 g/mol. The average Bonchev–Trinajstić information content (AvgIpc) is 3.10. The number of nitrogens with zero attached hydrogens (tertiary/aromatic N) is 1. The molecule has 7 heteroatoms. The van der Waals surface area contributed by atoms with Crippen molar-refractivity contribution in [2.75, 3.05) is 46.6 Å². The van der Waals surface area contributed by atoms with E-state index in [4.69, 9.17) is 14.5 Å². The lowest BCUT2D eigenvalue weighted by molar-refractivity contribution is 0.131. The largest absolute Gasteiger partial charge is 0.496 e. The van der Waals surface area contributed by atoms with E-state index in [0.717, 1.165) is 56.2 Å². The van der Waals surface area contributed by atoms with Crippen molar-refractivity contribution in [3.05, 3.63) is 29.3 Å². The molecule has 0 amide bonds. The van der Waals surface area contributed by atoms with Gasteiger partial charge < -0.3 is 25.2 Å². The van der Waals surface area contributed by atoms with Gasteiger partial charge in [0.15, 0.2) is 5.96 Å². The van der Waals surface area contributed by atoms with Crippen molar-refractivity contribution in [1.82, 2.24) is 10.6 Å². The Kier molecular flexibility index (Phi) is 11.0. The monoisotopic (exact) mass is 491 g/mol. The smallest absolute Gasteiger partial charge is 0.191 e. The Morgan fingerprint density at radius 1 is 1.37 bits per heavy atom. The van der Waals surface area contributed by atoms with Gasteiger partial charge in [0, 0.05) is 31.7 Å². The van der Waals surface area contributed by atoms with Crippen LogP contribution in [0.15, 0.2) is 23.2 Å². The van der Waals surface area contributed by atoms with Crippen LogP contribution in [0.5, 0.6) is 5.75 Å². The molecule has 3 N–H and O–H groups in total. The van der Waals surface area contributed by atoms with Crippen LogP contribution >= 0.6 is 24.0 Å². The number of hydrogen-bond donors (Lipinski definition) is 3. The first-order valence-corrected chi connectivity index (χ1v) is 9.47. The van der Waals surface area contributed by atoms with Gasteiger partial charge in [-0.05, 0) is 50.3 Å². The summed E-state index contributed by atoms with van der Waals surface area (Å²) in [6, 6.07) is 6.31. The Labute approximate surface area is 180 Å². The summed E-state index contributed by atoms with van der Waals surface area (Å²) in [5, 5.41) is 16.0. The number of aliphatic hydroxyl groups is 1. The van der Waals surface area contributed by atoms with E-state index in [0.29, 0.717) is 13.2 Å². The van der Waals surface area contributed by atoms with E-state index >= 15 is 0 Å². The molecule has 154 valence electrons. The van der Waals surface area contributed by atoms with Crippen molar-refractivity contribution in [2.45, 2.75) is 33.1 Å². The van der Waals surface area contributed by atoms with Gasteiger partial charge in [-0.25, -0.2) is 0 Å². The topological polar surface area (TPSA) is 75.1 Å². The number of nitrogens with one attached hydrogen (secondary N) is 2. The van der Waals surface area contributed by atoms with Gasteiger partial charge in [0.05, 0.1) is 20.3 Å². The van der Waals surface area contributed by atoms with Crippen LogP contribution in [0.25, 0.3) is 0 Å². The zero-order valence-electron chi connectivity index (χ0n) is 16.7. The van der Waals surface area contributed by atoms with Crippen LogP contribution in [0.1, 0.15) is 30.9 Å². The quantitative estimate of drug-likeness (QED) is 0.281. The van der Waals surface area contributed by atoms with E-state index in [-0.39, 0.29) is 36.0 Å². The molecule has 1 saturated heterocycles. The summed E-state index contributed by atoms with van der Waals surface area (Å²) in [7, 11) is 1.70. The molecule has 0 spiro atoms. The van der Waals surface area contributed by atoms with Gasteiger partial charge in [-0.15, -0.1) is 24.0 Å². The lowest BCUT2D eigenvalue weighted by Gasteiger charge is -2.24. The van der Waals surface area contributed by atoms with E-state index in [9.17, 15) is 5.11 Å². The van der Waals surface area contributed by atoms with Crippen molar-refractivity contribution in [2.24, 2.45) is 10.4 Å². The predicted molar refractivity (Wildman–Crippen MR) is 120 cm³/mol. The van der Waals surface area contributed by atoms with Crippen molar-refractivity contribution >= 4 is 29.9 Å². The van der Waals surface area contributed by atoms with Gasteiger partial charge in [-0.2, -0.15) is 0 Å². The van der Waals surface area contributed by atoms with Crippen LogP contribution < -0.4 is 15.4 Å². The molecule has 6 nitrogen and oxygen atoms in total. The number of aryl methyl sites for hydroxylation is 1. The third-order valence-electron chi connectivity index (χ3n) is 4.92. The standard InChI is InChI=1S/C20H33N3O3.HI/c1-4-21-19(23-14-20(8-11-24)9-12-26-15-20)22-10-7-17-6-5-16(2)18(13-17)25-3;/h5-6,13,24H,4,7-12,14-15H2,1-3H3,(H2,21,22,23);1H. The second-order valence-electron chi connectivity index (χ2n) is 6.95. The number of ether oxygens (including phenoxy) is 2. The van der Waals surface area contributed by atoms with Gasteiger partial charge in [-0.3, -0.25) is 4.99 Å². The number of hydrogen-bond acceptors (Lipinski definition) is 4. The van der Waals surface area contributed by atoms with E-state index in [1.165, 1.54) is 5.56 Å². The Morgan fingerprint density at radius 2 is 2.19 bits per heavy atom. The normalized spacial score (nSPS) is 19.5. The van der Waals surface area contributed by atoms with Crippen molar-refractivity contribution in [3.63, 3.8) is 0 Å². The molecule has 2 rings (SSSR count). The molecule has 1 aromatic rings. The van der Waals surface area contributed by atoms with Crippen LogP contribution in [-0.4, -0.2) is 57.6 Å². The minimum atomic E-state index is -0.0264. The summed E-state index contributed by atoms with van der Waals surface area (Å²) in [4.78, 5) is 4.74. The van der Waals surface area contributed by atoms with Crippen LogP contribution in [0, 0.1) is 12.3 Å². The fourth-order valence-corrected chi connectivity index (χ4v) is 3.22. The van der Waals surface area contributed by atoms with Crippen molar-refractivity contribution in [3.8, 4) is 5.75 Å². The fraction of sp³-hybridized carbons (Fsp3) is 0.650. The number of guanidine groups is 1. The second kappa shape index (κ2) is 12.4. The number of rotatable bonds is 9. The summed E-state index contributed by atoms with van der Waals surface area (Å²) < 4.78 is 10.9. The molecule has 1 aliphatic rings. The van der Waals surface area contributed by atoms with Gasteiger partial charge in [-0.1, -0.05) is 12.1 Å². The first-order valence-electron chi connectivity index (χ1n) is 9.47. The molecule has 0 bridgehead atoms. The maximum atomic E-state index is 9.34. The zero-order chi connectivity index (χ0) is 18.8. The number of aliphatic hydroxyl groups excluding tert-OH is 1. The Balaban J connectivity index is 0.00000364. The van der Waals surface area contributed by atoms with Crippen molar-refractivity contribution in [1.29, 1.82) is 0 Å². The molecule has 0 saturated carbocycles. The van der Waals surface area contributed by atoms with Crippen LogP contribution in [-0.2, 0) is 11.2 Å². The molecule has 1 fully saturated rings. The molecule has 0 aromatic heterocycles. The zero-order valence-corrected chi connectivity index (χ0v) is 19.0. The molecule has 1 aromatic carbocycles. The van der Waals surface area contributed by atoms with E-state index in [2.05, 4.69) is 35.8 Å². The SMILES string of the molecule is CCNC(=NCC1(CCO)CCOC1)NCCc1ccc(C)c(OC)c1.I. The fourth-order valence-electron chi connectivity index (χ4n) is 3.22. The number of methoxy groups -OCH3 is 1. The first kappa shape index (κ1) is 24.0. The lowest BCUT2D eigenvalue weighted by atomic mass is 9.84. The Hall–Kier alpha value is -1.06. The molecule has 1 heterocycles. The van der Waals surface area contributed by atoms with Crippen molar-refractivity contribution < 1.29 is 14.6 Å². The van der Waals surface area contributed by atoms with Crippen LogP contribution in [0.3, 0.4) is 0 Å². The summed E-state index contributed by atoms with van der Waals surface area (Å²) in [5.41, 5.74) is 2.35. The first-order chi connectivity index (χ1) is 12.6. The molecule has 27 heavy (non-hydrogen) atoms. The Bertz CT molecular complexity index is 590. The number of halogens is 1. The third-order valence-corrected chi connectivity index (χ3v) is 4.92.